The van der Waals surface area contributed by atoms with Crippen LogP contribution in [0.3, 0.4) is 0 Å². The first kappa shape index (κ1) is 13.2. The summed E-state index contributed by atoms with van der Waals surface area (Å²) in [5.41, 5.74) is -0.252. The second-order valence-corrected chi connectivity index (χ2v) is 4.16. The van der Waals surface area contributed by atoms with Crippen LogP contribution in [0.5, 0.6) is 0 Å². The number of halogens is 1. The van der Waals surface area contributed by atoms with E-state index < -0.39 is 10.7 Å². The number of thioether (sulfide) groups is 1. The summed E-state index contributed by atoms with van der Waals surface area (Å²) in [6, 6.07) is 3.14. The van der Waals surface area contributed by atoms with Crippen molar-refractivity contribution < 1.29 is 14.1 Å². The van der Waals surface area contributed by atoms with Crippen LogP contribution in [0.2, 0.25) is 0 Å². The molecule has 6 heteroatoms. The molecule has 0 fully saturated rings. The van der Waals surface area contributed by atoms with Gasteiger partial charge < -0.3 is 0 Å². The van der Waals surface area contributed by atoms with E-state index in [1.165, 1.54) is 6.92 Å². The van der Waals surface area contributed by atoms with Crippen molar-refractivity contribution in [2.24, 2.45) is 0 Å². The zero-order valence-corrected chi connectivity index (χ0v) is 9.71. The van der Waals surface area contributed by atoms with Gasteiger partial charge in [0.1, 0.15) is 5.82 Å². The molecule has 1 aromatic rings. The topological polar surface area (TPSA) is 60.2 Å². The highest BCUT2D eigenvalue weighted by Crippen LogP contribution is 2.15. The Kier molecular flexibility index (Phi) is 4.67. The number of nitrogens with zero attached hydrogens (tertiary/aromatic N) is 1. The molecule has 0 amide bonds. The Balaban J connectivity index is 2.86. The third-order valence-corrected chi connectivity index (χ3v) is 2.43. The maximum absolute atomic E-state index is 13.2. The van der Waals surface area contributed by atoms with E-state index in [2.05, 4.69) is 11.8 Å². The maximum atomic E-state index is 13.2. The van der Waals surface area contributed by atoms with E-state index >= 15 is 0 Å². The summed E-state index contributed by atoms with van der Waals surface area (Å²) in [6.07, 6.45) is 0. The van der Waals surface area contributed by atoms with E-state index in [0.717, 1.165) is 30.0 Å². The van der Waals surface area contributed by atoms with E-state index in [-0.39, 0.29) is 22.1 Å². The fourth-order valence-electron chi connectivity index (χ4n) is 0.992. The van der Waals surface area contributed by atoms with Gasteiger partial charge >= 0.3 is 0 Å². The SMILES string of the molecule is CC(=O)SCC#Cc1cc([N+](=O)[O-])ccc1F. The minimum atomic E-state index is -0.616. The zero-order valence-electron chi connectivity index (χ0n) is 8.90. The van der Waals surface area contributed by atoms with Gasteiger partial charge in [0.2, 0.25) is 0 Å². The Bertz CT molecular complexity index is 519. The average Bonchev–Trinajstić information content (AvgIpc) is 2.25. The Morgan fingerprint density at radius 2 is 2.29 bits per heavy atom. The van der Waals surface area contributed by atoms with Crippen molar-refractivity contribution in [1.29, 1.82) is 0 Å². The monoisotopic (exact) mass is 253 g/mol. The van der Waals surface area contributed by atoms with Gasteiger partial charge in [-0.1, -0.05) is 23.6 Å². The molecule has 0 N–H and O–H groups in total. The molecule has 0 radical (unpaired) electrons. The van der Waals surface area contributed by atoms with Crippen LogP contribution in [0, 0.1) is 27.8 Å². The second-order valence-electron chi connectivity index (χ2n) is 3.00. The summed E-state index contributed by atoms with van der Waals surface area (Å²) in [5, 5.41) is 10.4. The van der Waals surface area contributed by atoms with Gasteiger partial charge in [0.05, 0.1) is 16.2 Å². The Hall–Kier alpha value is -1.87. The summed E-state index contributed by atoms with van der Waals surface area (Å²) in [6.45, 7) is 1.40. The normalized spacial score (nSPS) is 9.29. The van der Waals surface area contributed by atoms with Crippen molar-refractivity contribution in [3.63, 3.8) is 0 Å². The van der Waals surface area contributed by atoms with Crippen molar-refractivity contribution in [2.75, 3.05) is 5.75 Å². The molecule has 0 heterocycles. The first-order chi connectivity index (χ1) is 8.00. The first-order valence-corrected chi connectivity index (χ1v) is 5.55. The molecule has 0 unspecified atom stereocenters. The third kappa shape index (κ3) is 4.25. The molecule has 1 aromatic carbocycles. The number of benzene rings is 1. The molecule has 0 aliphatic heterocycles. The van der Waals surface area contributed by atoms with Crippen molar-refractivity contribution >= 4 is 22.6 Å². The molecule has 17 heavy (non-hydrogen) atoms. The average molecular weight is 253 g/mol. The van der Waals surface area contributed by atoms with Crippen LogP contribution in [-0.2, 0) is 4.79 Å². The molecule has 0 aliphatic carbocycles. The summed E-state index contributed by atoms with van der Waals surface area (Å²) < 4.78 is 13.2. The predicted octanol–water partition coefficient (Wildman–Crippen LogP) is 2.37. The summed E-state index contributed by atoms with van der Waals surface area (Å²) in [7, 11) is 0. The van der Waals surface area contributed by atoms with Gasteiger partial charge in [0, 0.05) is 19.1 Å². The Morgan fingerprint density at radius 1 is 1.59 bits per heavy atom. The van der Waals surface area contributed by atoms with Crippen molar-refractivity contribution in [2.45, 2.75) is 6.92 Å². The first-order valence-electron chi connectivity index (χ1n) is 4.57. The number of hydrogen-bond donors (Lipinski definition) is 0. The number of carbonyl (C=O) groups excluding carboxylic acids is 1. The smallest absolute Gasteiger partial charge is 0.270 e. The molecule has 0 atom stereocenters. The maximum Gasteiger partial charge on any atom is 0.270 e. The highest BCUT2D eigenvalue weighted by Gasteiger charge is 2.08. The number of nitro benzene ring substituents is 1. The molecule has 0 spiro atoms. The Morgan fingerprint density at radius 3 is 2.88 bits per heavy atom. The highest BCUT2D eigenvalue weighted by molar-refractivity contribution is 8.13. The molecule has 0 saturated carbocycles. The van der Waals surface area contributed by atoms with Gasteiger partial charge in [-0.25, -0.2) is 4.39 Å². The van der Waals surface area contributed by atoms with Gasteiger partial charge in [0.15, 0.2) is 5.12 Å². The molecule has 0 aromatic heterocycles. The number of nitro groups is 1. The van der Waals surface area contributed by atoms with Gasteiger partial charge in [-0.15, -0.1) is 0 Å². The van der Waals surface area contributed by atoms with Crippen LogP contribution in [0.15, 0.2) is 18.2 Å². The fourth-order valence-corrected chi connectivity index (χ4v) is 1.34. The molecule has 0 aliphatic rings. The molecule has 0 bridgehead atoms. The van der Waals surface area contributed by atoms with Gasteiger partial charge in [-0.3, -0.25) is 14.9 Å². The molecule has 88 valence electrons. The number of rotatable bonds is 2. The molecular formula is C11H8FNO3S. The van der Waals surface area contributed by atoms with Crippen molar-refractivity contribution in [1.82, 2.24) is 0 Å². The summed E-state index contributed by atoms with van der Waals surface area (Å²) in [4.78, 5) is 20.5. The van der Waals surface area contributed by atoms with E-state index in [1.807, 2.05) is 0 Å². The van der Waals surface area contributed by atoms with E-state index in [0.29, 0.717) is 0 Å². The number of hydrogen-bond acceptors (Lipinski definition) is 4. The second kappa shape index (κ2) is 6.01. The predicted molar refractivity (Wildman–Crippen MR) is 63.1 cm³/mol. The zero-order chi connectivity index (χ0) is 12.8. The summed E-state index contributed by atoms with van der Waals surface area (Å²) in [5.74, 6) is 4.65. The van der Waals surface area contributed by atoms with Crippen LogP contribution in [0.25, 0.3) is 0 Å². The third-order valence-electron chi connectivity index (χ3n) is 1.73. The van der Waals surface area contributed by atoms with E-state index in [9.17, 15) is 19.3 Å². The fraction of sp³-hybridized carbons (Fsp3) is 0.182. The largest absolute Gasteiger partial charge is 0.288 e. The lowest BCUT2D eigenvalue weighted by Crippen LogP contribution is -1.91. The minimum Gasteiger partial charge on any atom is -0.288 e. The lowest BCUT2D eigenvalue weighted by molar-refractivity contribution is -0.384. The molecule has 0 saturated heterocycles. The van der Waals surface area contributed by atoms with Crippen LogP contribution >= 0.6 is 11.8 Å². The molecular weight excluding hydrogens is 245 g/mol. The lowest BCUT2D eigenvalue weighted by Gasteiger charge is -1.94. The quantitative estimate of drug-likeness (QED) is 0.461. The van der Waals surface area contributed by atoms with Crippen LogP contribution in [0.1, 0.15) is 12.5 Å². The van der Waals surface area contributed by atoms with Crippen LogP contribution < -0.4 is 0 Å². The van der Waals surface area contributed by atoms with Gasteiger partial charge in [-0.05, 0) is 6.07 Å². The molecule has 4 nitrogen and oxygen atoms in total. The van der Waals surface area contributed by atoms with Crippen molar-refractivity contribution in [3.05, 3.63) is 39.7 Å². The van der Waals surface area contributed by atoms with Crippen molar-refractivity contribution in [3.8, 4) is 11.8 Å². The van der Waals surface area contributed by atoms with E-state index in [1.54, 1.807) is 0 Å². The van der Waals surface area contributed by atoms with Gasteiger partial charge in [0.25, 0.3) is 5.69 Å². The standard InChI is InChI=1S/C11H8FNO3S/c1-8(14)17-6-2-3-9-7-10(13(15)16)4-5-11(9)12/h4-5,7H,6H2,1H3. The lowest BCUT2D eigenvalue weighted by atomic mass is 10.2. The Labute approximate surface area is 101 Å². The van der Waals surface area contributed by atoms with Crippen LogP contribution in [-0.4, -0.2) is 15.8 Å². The number of carbonyl (C=O) groups is 1. The highest BCUT2D eigenvalue weighted by atomic mass is 32.2. The minimum absolute atomic E-state index is 0.0386. The van der Waals surface area contributed by atoms with Crippen LogP contribution in [0.4, 0.5) is 10.1 Å². The van der Waals surface area contributed by atoms with E-state index in [4.69, 9.17) is 0 Å². The summed E-state index contributed by atoms with van der Waals surface area (Å²) >= 11 is 0.998. The molecule has 1 rings (SSSR count). The number of non-ortho nitro benzene ring substituents is 1. The van der Waals surface area contributed by atoms with Gasteiger partial charge in [-0.2, -0.15) is 0 Å².